The van der Waals surface area contributed by atoms with E-state index in [1.165, 1.54) is 25.7 Å². The molecule has 0 saturated heterocycles. The van der Waals surface area contributed by atoms with E-state index in [9.17, 15) is 0 Å². The van der Waals surface area contributed by atoms with Gasteiger partial charge in [0.05, 0.1) is 0 Å². The van der Waals surface area contributed by atoms with Crippen molar-refractivity contribution >= 4 is 0 Å². The first kappa shape index (κ1) is 12.0. The van der Waals surface area contributed by atoms with Crippen molar-refractivity contribution in [1.29, 1.82) is 0 Å². The second-order valence-corrected chi connectivity index (χ2v) is 5.29. The highest BCUT2D eigenvalue weighted by atomic mass is 14.7. The van der Waals surface area contributed by atoms with Crippen LogP contribution in [0.1, 0.15) is 53.4 Å². The van der Waals surface area contributed by atoms with Gasteiger partial charge in [-0.3, -0.25) is 0 Å². The summed E-state index contributed by atoms with van der Waals surface area (Å²) in [5, 5.41) is 0. The fourth-order valence-electron chi connectivity index (χ4n) is 3.45. The van der Waals surface area contributed by atoms with Crippen LogP contribution in [-0.4, -0.2) is 6.04 Å². The first-order valence-electron chi connectivity index (χ1n) is 6.37. The molecule has 0 aromatic heterocycles. The largest absolute Gasteiger partial charge is 0.327 e. The van der Waals surface area contributed by atoms with Crippen molar-refractivity contribution in [1.82, 2.24) is 0 Å². The Bertz CT molecular complexity index is 167. The summed E-state index contributed by atoms with van der Waals surface area (Å²) in [7, 11) is 0. The van der Waals surface area contributed by atoms with Gasteiger partial charge in [-0.2, -0.15) is 0 Å². The van der Waals surface area contributed by atoms with E-state index in [4.69, 9.17) is 5.73 Å². The summed E-state index contributed by atoms with van der Waals surface area (Å²) in [5.41, 5.74) is 6.32. The van der Waals surface area contributed by atoms with E-state index in [2.05, 4.69) is 27.7 Å². The Kier molecular flexibility index (Phi) is 4.43. The third kappa shape index (κ3) is 2.31. The summed E-state index contributed by atoms with van der Waals surface area (Å²) in [6, 6.07) is 0.452. The molecular formula is C13H27N. The maximum atomic E-state index is 6.32. The van der Waals surface area contributed by atoms with E-state index < -0.39 is 0 Å². The molecule has 1 rings (SSSR count). The average Bonchev–Trinajstić information content (AvgIpc) is 2.15. The first-order chi connectivity index (χ1) is 6.61. The lowest BCUT2D eigenvalue weighted by Gasteiger charge is -2.44. The molecule has 1 fully saturated rings. The third-order valence-electron chi connectivity index (χ3n) is 4.27. The van der Waals surface area contributed by atoms with Crippen LogP contribution in [0.5, 0.6) is 0 Å². The van der Waals surface area contributed by atoms with Gasteiger partial charge >= 0.3 is 0 Å². The molecule has 5 unspecified atom stereocenters. The second kappa shape index (κ2) is 5.16. The predicted octanol–water partition coefficient (Wildman–Crippen LogP) is 3.43. The molecule has 0 bridgehead atoms. The van der Waals surface area contributed by atoms with E-state index in [1.54, 1.807) is 0 Å². The number of hydrogen-bond acceptors (Lipinski definition) is 1. The number of nitrogens with two attached hydrogens (primary N) is 1. The van der Waals surface area contributed by atoms with Gasteiger partial charge in [0.15, 0.2) is 0 Å². The molecule has 1 saturated carbocycles. The first-order valence-corrected chi connectivity index (χ1v) is 6.37. The van der Waals surface area contributed by atoms with Gasteiger partial charge in [-0.25, -0.2) is 0 Å². The van der Waals surface area contributed by atoms with Crippen LogP contribution in [0, 0.1) is 23.7 Å². The molecule has 0 aromatic rings. The molecule has 0 aliphatic heterocycles. The quantitative estimate of drug-likeness (QED) is 0.737. The van der Waals surface area contributed by atoms with Gasteiger partial charge in [-0.1, -0.05) is 47.0 Å². The lowest BCUT2D eigenvalue weighted by molar-refractivity contribution is 0.0865. The Morgan fingerprint density at radius 1 is 1.07 bits per heavy atom. The Morgan fingerprint density at radius 2 is 1.71 bits per heavy atom. The minimum absolute atomic E-state index is 0.452. The predicted molar refractivity (Wildman–Crippen MR) is 63.1 cm³/mol. The SMILES string of the molecule is CCCC1C(C)CC(C)C(N)C1CC. The van der Waals surface area contributed by atoms with Crippen LogP contribution in [0.25, 0.3) is 0 Å². The Balaban J connectivity index is 2.69. The molecule has 1 heteroatoms. The van der Waals surface area contributed by atoms with Crippen molar-refractivity contribution in [3.8, 4) is 0 Å². The van der Waals surface area contributed by atoms with Crippen molar-refractivity contribution in [2.45, 2.75) is 59.4 Å². The summed E-state index contributed by atoms with van der Waals surface area (Å²) in [5.74, 6) is 3.27. The highest BCUT2D eigenvalue weighted by molar-refractivity contribution is 4.90. The lowest BCUT2D eigenvalue weighted by Crippen LogP contribution is -2.46. The van der Waals surface area contributed by atoms with E-state index >= 15 is 0 Å². The number of hydrogen-bond donors (Lipinski definition) is 1. The zero-order chi connectivity index (χ0) is 10.7. The normalized spacial score (nSPS) is 43.9. The second-order valence-electron chi connectivity index (χ2n) is 5.29. The van der Waals surface area contributed by atoms with Gasteiger partial charge in [0.25, 0.3) is 0 Å². The van der Waals surface area contributed by atoms with Gasteiger partial charge in [0, 0.05) is 6.04 Å². The summed E-state index contributed by atoms with van der Waals surface area (Å²) in [6.07, 6.45) is 5.29. The minimum atomic E-state index is 0.452. The monoisotopic (exact) mass is 197 g/mol. The molecule has 0 spiro atoms. The molecule has 1 aliphatic rings. The highest BCUT2D eigenvalue weighted by Gasteiger charge is 2.37. The molecule has 84 valence electrons. The Morgan fingerprint density at radius 3 is 2.21 bits per heavy atom. The van der Waals surface area contributed by atoms with E-state index in [0.29, 0.717) is 6.04 Å². The highest BCUT2D eigenvalue weighted by Crippen LogP contribution is 2.41. The van der Waals surface area contributed by atoms with Crippen molar-refractivity contribution in [3.63, 3.8) is 0 Å². The maximum Gasteiger partial charge on any atom is 0.00957 e. The summed E-state index contributed by atoms with van der Waals surface area (Å²) < 4.78 is 0. The molecule has 5 atom stereocenters. The fourth-order valence-corrected chi connectivity index (χ4v) is 3.45. The zero-order valence-corrected chi connectivity index (χ0v) is 10.3. The smallest absolute Gasteiger partial charge is 0.00957 e. The van der Waals surface area contributed by atoms with Crippen LogP contribution in [0.2, 0.25) is 0 Å². The van der Waals surface area contributed by atoms with Crippen molar-refractivity contribution < 1.29 is 0 Å². The maximum absolute atomic E-state index is 6.32. The van der Waals surface area contributed by atoms with Crippen LogP contribution in [0.15, 0.2) is 0 Å². The third-order valence-corrected chi connectivity index (χ3v) is 4.27. The van der Waals surface area contributed by atoms with Gasteiger partial charge in [-0.05, 0) is 30.1 Å². The van der Waals surface area contributed by atoms with Crippen LogP contribution in [0.4, 0.5) is 0 Å². The zero-order valence-electron chi connectivity index (χ0n) is 10.3. The molecule has 1 aliphatic carbocycles. The summed E-state index contributed by atoms with van der Waals surface area (Å²) in [4.78, 5) is 0. The molecule has 0 heterocycles. The molecule has 1 nitrogen and oxygen atoms in total. The topological polar surface area (TPSA) is 26.0 Å². The van der Waals surface area contributed by atoms with Gasteiger partial charge in [0.2, 0.25) is 0 Å². The Hall–Kier alpha value is -0.0400. The molecular weight excluding hydrogens is 170 g/mol. The van der Waals surface area contributed by atoms with Crippen LogP contribution < -0.4 is 5.73 Å². The Labute approximate surface area is 89.5 Å². The number of rotatable bonds is 3. The lowest BCUT2D eigenvalue weighted by atomic mass is 9.64. The van der Waals surface area contributed by atoms with Crippen LogP contribution in [-0.2, 0) is 0 Å². The minimum Gasteiger partial charge on any atom is -0.327 e. The van der Waals surface area contributed by atoms with E-state index in [1.807, 2.05) is 0 Å². The van der Waals surface area contributed by atoms with Crippen LogP contribution in [0.3, 0.4) is 0 Å². The molecule has 0 radical (unpaired) electrons. The van der Waals surface area contributed by atoms with E-state index in [-0.39, 0.29) is 0 Å². The van der Waals surface area contributed by atoms with Gasteiger partial charge in [-0.15, -0.1) is 0 Å². The van der Waals surface area contributed by atoms with Crippen molar-refractivity contribution in [3.05, 3.63) is 0 Å². The van der Waals surface area contributed by atoms with Gasteiger partial charge in [0.1, 0.15) is 0 Å². The molecule has 2 N–H and O–H groups in total. The fraction of sp³-hybridized carbons (Fsp3) is 1.00. The standard InChI is InChI=1S/C13H27N/c1-5-7-12-9(3)8-10(4)13(14)11(12)6-2/h9-13H,5-8,14H2,1-4H3. The van der Waals surface area contributed by atoms with Crippen molar-refractivity contribution in [2.75, 3.05) is 0 Å². The average molecular weight is 197 g/mol. The van der Waals surface area contributed by atoms with Crippen LogP contribution >= 0.6 is 0 Å². The van der Waals surface area contributed by atoms with E-state index in [0.717, 1.165) is 23.7 Å². The van der Waals surface area contributed by atoms with Gasteiger partial charge < -0.3 is 5.73 Å². The summed E-state index contributed by atoms with van der Waals surface area (Å²) >= 11 is 0. The molecule has 0 amide bonds. The van der Waals surface area contributed by atoms with Crippen molar-refractivity contribution in [2.24, 2.45) is 29.4 Å². The molecule has 14 heavy (non-hydrogen) atoms. The summed E-state index contributed by atoms with van der Waals surface area (Å²) in [6.45, 7) is 9.35. The molecule has 0 aromatic carbocycles.